The first-order chi connectivity index (χ1) is 16.3. The van der Waals surface area contributed by atoms with Crippen LogP contribution in [0.2, 0.25) is 5.15 Å². The van der Waals surface area contributed by atoms with E-state index in [4.69, 9.17) is 16.3 Å². The topological polar surface area (TPSA) is 79.0 Å². The molecule has 4 aromatic rings. The molecule has 34 heavy (non-hydrogen) atoms. The first-order valence-electron chi connectivity index (χ1n) is 10.6. The lowest BCUT2D eigenvalue weighted by molar-refractivity contribution is -0.136. The average Bonchev–Trinajstić information content (AvgIpc) is 3.51. The van der Waals surface area contributed by atoms with Crippen molar-refractivity contribution >= 4 is 40.8 Å². The van der Waals surface area contributed by atoms with Crippen LogP contribution in [0.25, 0.3) is 11.2 Å². The van der Waals surface area contributed by atoms with Crippen LogP contribution in [-0.4, -0.2) is 37.7 Å². The lowest BCUT2D eigenvalue weighted by atomic mass is 10.1. The standard InChI is InChI=1S/C25H23ClN4O3S/c1-16-13-21(18(3)30(16)25-27-11-12-34-25)22(31)15-33-23(32)10-9-20-17(2)28-29(24(20)26)14-19-7-5-4-6-8-19/h4-13H,14-15H2,1-3H3. The van der Waals surface area contributed by atoms with Crippen molar-refractivity contribution in [1.29, 1.82) is 0 Å². The highest BCUT2D eigenvalue weighted by Crippen LogP contribution is 2.24. The number of esters is 1. The highest BCUT2D eigenvalue weighted by molar-refractivity contribution is 7.12. The van der Waals surface area contributed by atoms with Crippen molar-refractivity contribution in [2.45, 2.75) is 27.3 Å². The fourth-order valence-corrected chi connectivity index (χ4v) is 4.75. The van der Waals surface area contributed by atoms with Gasteiger partial charge in [0.1, 0.15) is 5.15 Å². The number of ether oxygens (including phenoxy) is 1. The molecule has 0 fully saturated rings. The lowest BCUT2D eigenvalue weighted by Gasteiger charge is -2.05. The minimum atomic E-state index is -0.631. The molecule has 0 bridgehead atoms. The number of carbonyl (C=O) groups excluding carboxylic acids is 2. The molecule has 0 atom stereocenters. The summed E-state index contributed by atoms with van der Waals surface area (Å²) in [6.45, 7) is 5.74. The van der Waals surface area contributed by atoms with E-state index in [9.17, 15) is 9.59 Å². The summed E-state index contributed by atoms with van der Waals surface area (Å²) in [6, 6.07) is 11.6. The summed E-state index contributed by atoms with van der Waals surface area (Å²) in [7, 11) is 0. The van der Waals surface area contributed by atoms with Crippen LogP contribution in [0.15, 0.2) is 54.1 Å². The Morgan fingerprint density at radius 2 is 1.94 bits per heavy atom. The van der Waals surface area contributed by atoms with Crippen molar-refractivity contribution in [2.75, 3.05) is 6.61 Å². The van der Waals surface area contributed by atoms with E-state index in [-0.39, 0.29) is 12.4 Å². The molecule has 0 amide bonds. The number of Topliss-reactive ketones (excluding diaryl/α,β-unsaturated/α-hetero) is 1. The number of thiazole rings is 1. The molecule has 3 heterocycles. The molecule has 0 N–H and O–H groups in total. The molecule has 3 aromatic heterocycles. The van der Waals surface area contributed by atoms with Crippen molar-refractivity contribution < 1.29 is 14.3 Å². The van der Waals surface area contributed by atoms with E-state index in [1.165, 1.54) is 17.4 Å². The Hall–Kier alpha value is -3.49. The number of ketones is 1. The Balaban J connectivity index is 1.40. The molecule has 0 aliphatic rings. The summed E-state index contributed by atoms with van der Waals surface area (Å²) in [5, 5.41) is 7.55. The van der Waals surface area contributed by atoms with Crippen LogP contribution in [0.3, 0.4) is 0 Å². The maximum atomic E-state index is 12.7. The third-order valence-electron chi connectivity index (χ3n) is 5.36. The van der Waals surface area contributed by atoms with Crippen molar-refractivity contribution in [3.8, 4) is 5.13 Å². The van der Waals surface area contributed by atoms with Crippen LogP contribution in [-0.2, 0) is 16.1 Å². The van der Waals surface area contributed by atoms with Crippen molar-refractivity contribution in [2.24, 2.45) is 0 Å². The third-order valence-corrected chi connectivity index (χ3v) is 6.51. The van der Waals surface area contributed by atoms with Gasteiger partial charge in [-0.25, -0.2) is 14.5 Å². The number of carbonyl (C=O) groups is 2. The van der Waals surface area contributed by atoms with Gasteiger partial charge in [-0.1, -0.05) is 41.9 Å². The molecule has 0 aliphatic carbocycles. The zero-order chi connectivity index (χ0) is 24.2. The molecule has 0 aliphatic heterocycles. The van der Waals surface area contributed by atoms with Gasteiger partial charge in [-0.2, -0.15) is 5.10 Å². The van der Waals surface area contributed by atoms with Crippen LogP contribution in [0, 0.1) is 20.8 Å². The van der Waals surface area contributed by atoms with E-state index >= 15 is 0 Å². The van der Waals surface area contributed by atoms with Gasteiger partial charge in [0.15, 0.2) is 11.7 Å². The summed E-state index contributed by atoms with van der Waals surface area (Å²) < 4.78 is 8.78. The van der Waals surface area contributed by atoms with Gasteiger partial charge in [0, 0.05) is 40.2 Å². The third kappa shape index (κ3) is 5.03. The zero-order valence-electron chi connectivity index (χ0n) is 19.0. The Labute approximate surface area is 206 Å². The van der Waals surface area contributed by atoms with Crippen molar-refractivity contribution in [1.82, 2.24) is 19.3 Å². The summed E-state index contributed by atoms with van der Waals surface area (Å²) in [5.74, 6) is -0.907. The number of hydrogen-bond donors (Lipinski definition) is 0. The largest absolute Gasteiger partial charge is 0.454 e. The number of nitrogens with zero attached hydrogens (tertiary/aromatic N) is 4. The summed E-state index contributed by atoms with van der Waals surface area (Å²) in [5.41, 5.74) is 4.54. The number of rotatable bonds is 8. The van der Waals surface area contributed by atoms with Crippen molar-refractivity contribution in [3.05, 3.63) is 93.0 Å². The van der Waals surface area contributed by atoms with Gasteiger partial charge in [0.25, 0.3) is 0 Å². The van der Waals surface area contributed by atoms with E-state index in [1.807, 2.05) is 61.1 Å². The molecule has 0 unspecified atom stereocenters. The highest BCUT2D eigenvalue weighted by Gasteiger charge is 2.19. The maximum absolute atomic E-state index is 12.7. The number of halogens is 1. The monoisotopic (exact) mass is 494 g/mol. The van der Waals surface area contributed by atoms with Crippen LogP contribution >= 0.6 is 22.9 Å². The van der Waals surface area contributed by atoms with E-state index in [0.717, 1.165) is 22.1 Å². The van der Waals surface area contributed by atoms with Crippen molar-refractivity contribution in [3.63, 3.8) is 0 Å². The normalized spacial score (nSPS) is 11.3. The van der Waals surface area contributed by atoms with Gasteiger partial charge >= 0.3 is 5.97 Å². The van der Waals surface area contributed by atoms with Gasteiger partial charge in [0.2, 0.25) is 5.78 Å². The lowest BCUT2D eigenvalue weighted by Crippen LogP contribution is -2.13. The Morgan fingerprint density at radius 3 is 2.65 bits per heavy atom. The number of benzene rings is 1. The smallest absolute Gasteiger partial charge is 0.331 e. The molecule has 174 valence electrons. The highest BCUT2D eigenvalue weighted by atomic mass is 35.5. The Morgan fingerprint density at radius 1 is 1.18 bits per heavy atom. The first-order valence-corrected chi connectivity index (χ1v) is 11.8. The average molecular weight is 495 g/mol. The summed E-state index contributed by atoms with van der Waals surface area (Å²) in [6.07, 6.45) is 4.54. The fraction of sp³-hybridized carbons (Fsp3) is 0.200. The maximum Gasteiger partial charge on any atom is 0.331 e. The Bertz CT molecular complexity index is 1350. The SMILES string of the molecule is Cc1nn(Cc2ccccc2)c(Cl)c1C=CC(=O)OCC(=O)c1cc(C)n(-c2nccs2)c1C. The van der Waals surface area contributed by atoms with Gasteiger partial charge < -0.3 is 4.74 Å². The second kappa shape index (κ2) is 10.2. The zero-order valence-corrected chi connectivity index (χ0v) is 20.6. The second-order valence-corrected chi connectivity index (χ2v) is 8.96. The fourth-order valence-electron chi connectivity index (χ4n) is 3.70. The molecule has 0 radical (unpaired) electrons. The quantitative estimate of drug-likeness (QED) is 0.191. The van der Waals surface area contributed by atoms with E-state index < -0.39 is 5.97 Å². The summed E-state index contributed by atoms with van der Waals surface area (Å²) in [4.78, 5) is 29.3. The minimum absolute atomic E-state index is 0.275. The minimum Gasteiger partial charge on any atom is -0.454 e. The molecule has 0 saturated carbocycles. The van der Waals surface area contributed by atoms with Gasteiger partial charge in [-0.05, 0) is 38.5 Å². The van der Waals surface area contributed by atoms with Crippen LogP contribution in [0.5, 0.6) is 0 Å². The van der Waals surface area contributed by atoms with Crippen LogP contribution < -0.4 is 0 Å². The molecule has 1 aromatic carbocycles. The van der Waals surface area contributed by atoms with E-state index in [0.29, 0.717) is 28.5 Å². The van der Waals surface area contributed by atoms with E-state index in [1.54, 1.807) is 23.0 Å². The first kappa shape index (κ1) is 23.7. The number of aromatic nitrogens is 4. The van der Waals surface area contributed by atoms with Gasteiger partial charge in [0.05, 0.1) is 12.2 Å². The molecule has 0 saturated heterocycles. The molecule has 0 spiro atoms. The molecular weight excluding hydrogens is 472 g/mol. The molecule has 9 heteroatoms. The van der Waals surface area contributed by atoms with Gasteiger partial charge in [-0.15, -0.1) is 11.3 Å². The summed E-state index contributed by atoms with van der Waals surface area (Å²) >= 11 is 7.97. The predicted molar refractivity (Wildman–Crippen MR) is 133 cm³/mol. The van der Waals surface area contributed by atoms with Crippen LogP contribution in [0.4, 0.5) is 0 Å². The molecular formula is C25H23ClN4O3S. The second-order valence-electron chi connectivity index (χ2n) is 7.73. The Kier molecular flexibility index (Phi) is 7.09. The number of hydrogen-bond acceptors (Lipinski definition) is 6. The van der Waals surface area contributed by atoms with E-state index in [2.05, 4.69) is 10.1 Å². The van der Waals surface area contributed by atoms with Crippen LogP contribution in [0.1, 0.15) is 38.6 Å². The molecule has 4 rings (SSSR count). The van der Waals surface area contributed by atoms with Gasteiger partial charge in [-0.3, -0.25) is 9.36 Å². The predicted octanol–water partition coefficient (Wildman–Crippen LogP) is 5.20. The number of aryl methyl sites for hydroxylation is 2. The molecule has 7 nitrogen and oxygen atoms in total.